The van der Waals surface area contributed by atoms with Gasteiger partial charge in [-0.2, -0.15) is 0 Å². The van der Waals surface area contributed by atoms with Gasteiger partial charge in [0.1, 0.15) is 27.3 Å². The first-order valence-corrected chi connectivity index (χ1v) is 15.5. The van der Waals surface area contributed by atoms with Crippen LogP contribution in [0.2, 0.25) is 0 Å². The zero-order valence-corrected chi connectivity index (χ0v) is 25.7. The SMILES string of the molecule is COc1cc(OC)cc(-c2cc(CCCOC(=O)C(C)CC(N)=O)c(C=C3SC(=S)N(C4CC5CCC4C5)C3=O)o2)c1. The highest BCUT2D eigenvalue weighted by atomic mass is 32.2. The number of thiocarbonyl (C=S) groups is 1. The topological polar surface area (TPSA) is 121 Å². The molecular weight excluding hydrogens is 576 g/mol. The summed E-state index contributed by atoms with van der Waals surface area (Å²) in [5, 5.41) is 0. The Morgan fingerprint density at radius 1 is 1.17 bits per heavy atom. The third-order valence-corrected chi connectivity index (χ3v) is 9.67. The number of hydrogen-bond donors (Lipinski definition) is 1. The molecule has 2 heterocycles. The molecule has 2 saturated carbocycles. The summed E-state index contributed by atoms with van der Waals surface area (Å²) in [7, 11) is 3.17. The van der Waals surface area contributed by atoms with Gasteiger partial charge in [0.25, 0.3) is 5.91 Å². The molecule has 5 rings (SSSR count). The van der Waals surface area contributed by atoms with Crippen LogP contribution in [0.15, 0.2) is 33.6 Å². The number of carbonyl (C=O) groups excluding carboxylic acids is 3. The minimum Gasteiger partial charge on any atom is -0.497 e. The molecule has 2 aliphatic carbocycles. The van der Waals surface area contributed by atoms with E-state index >= 15 is 0 Å². The van der Waals surface area contributed by atoms with Crippen molar-refractivity contribution in [2.75, 3.05) is 20.8 Å². The molecule has 1 aliphatic heterocycles. The van der Waals surface area contributed by atoms with Crippen molar-refractivity contribution in [2.24, 2.45) is 23.5 Å². The number of carbonyl (C=O) groups is 3. The van der Waals surface area contributed by atoms with E-state index in [9.17, 15) is 14.4 Å². The number of nitrogens with two attached hydrogens (primary N) is 1. The van der Waals surface area contributed by atoms with Crippen LogP contribution in [0.25, 0.3) is 17.4 Å². The van der Waals surface area contributed by atoms with Crippen LogP contribution in [0.4, 0.5) is 0 Å². The first-order valence-electron chi connectivity index (χ1n) is 14.2. The lowest BCUT2D eigenvalue weighted by Gasteiger charge is -2.30. The Morgan fingerprint density at radius 2 is 1.90 bits per heavy atom. The van der Waals surface area contributed by atoms with Crippen LogP contribution < -0.4 is 15.2 Å². The van der Waals surface area contributed by atoms with Crippen molar-refractivity contribution in [3.63, 3.8) is 0 Å². The van der Waals surface area contributed by atoms with E-state index in [0.717, 1.165) is 24.0 Å². The zero-order chi connectivity index (χ0) is 30.0. The molecule has 2 bridgehead atoms. The molecule has 4 atom stereocenters. The van der Waals surface area contributed by atoms with E-state index in [4.69, 9.17) is 36.6 Å². The maximum Gasteiger partial charge on any atom is 0.309 e. The molecule has 2 aromatic rings. The highest BCUT2D eigenvalue weighted by Gasteiger charge is 2.48. The van der Waals surface area contributed by atoms with Gasteiger partial charge in [0.2, 0.25) is 5.91 Å². The lowest BCUT2D eigenvalue weighted by molar-refractivity contribution is -0.149. The van der Waals surface area contributed by atoms with Gasteiger partial charge < -0.3 is 24.4 Å². The van der Waals surface area contributed by atoms with Crippen molar-refractivity contribution in [1.29, 1.82) is 0 Å². The Kier molecular flexibility index (Phi) is 9.27. The van der Waals surface area contributed by atoms with Gasteiger partial charge in [0.05, 0.1) is 31.6 Å². The van der Waals surface area contributed by atoms with Crippen molar-refractivity contribution in [3.05, 3.63) is 40.5 Å². The number of hydrogen-bond acceptors (Lipinski definition) is 9. The summed E-state index contributed by atoms with van der Waals surface area (Å²) in [6.45, 7) is 1.78. The van der Waals surface area contributed by atoms with Crippen LogP contribution in [0.5, 0.6) is 11.5 Å². The second-order valence-corrected chi connectivity index (χ2v) is 12.9. The predicted molar refractivity (Wildman–Crippen MR) is 164 cm³/mol. The quantitative estimate of drug-likeness (QED) is 0.147. The van der Waals surface area contributed by atoms with Crippen molar-refractivity contribution >= 4 is 52.2 Å². The fourth-order valence-corrected chi connectivity index (χ4v) is 7.57. The molecule has 2 amide bonds. The fraction of sp³-hybridized carbons (Fsp3) is 0.484. The summed E-state index contributed by atoms with van der Waals surface area (Å²) in [5.74, 6) is 1.92. The standard InChI is InChI=1S/C31H36N2O7S2/c1-17(9-28(32)34)30(36)39-8-4-5-20-14-25(21-12-22(37-2)15-23(13-21)38-3)40-26(20)16-27-29(35)33(31(41)42-27)24-11-18-6-7-19(24)10-18/h12-19,24H,4-11H2,1-3H3,(H2,32,34). The molecular formula is C31H36N2O7S2. The fourth-order valence-electron chi connectivity index (χ4n) is 6.23. The van der Waals surface area contributed by atoms with Crippen LogP contribution >= 0.6 is 24.0 Å². The summed E-state index contributed by atoms with van der Waals surface area (Å²) >= 11 is 7.00. The number of methoxy groups -OCH3 is 2. The first-order chi connectivity index (χ1) is 20.2. The number of ether oxygens (including phenoxy) is 3. The van der Waals surface area contributed by atoms with Gasteiger partial charge in [-0.25, -0.2) is 0 Å². The summed E-state index contributed by atoms with van der Waals surface area (Å²) in [6.07, 6.45) is 7.38. The predicted octanol–water partition coefficient (Wildman–Crippen LogP) is 5.34. The smallest absolute Gasteiger partial charge is 0.309 e. The Balaban J connectivity index is 1.38. The van der Waals surface area contributed by atoms with Crippen LogP contribution in [0, 0.1) is 17.8 Å². The molecule has 0 spiro atoms. The highest BCUT2D eigenvalue weighted by molar-refractivity contribution is 8.26. The number of thioether (sulfide) groups is 1. The van der Waals surface area contributed by atoms with E-state index in [0.29, 0.717) is 56.9 Å². The molecule has 1 aromatic carbocycles. The Hall–Kier alpha value is -3.31. The Labute approximate surface area is 255 Å². The molecule has 0 radical (unpaired) electrons. The average molecular weight is 613 g/mol. The molecule has 3 fully saturated rings. The molecule has 3 aliphatic rings. The van der Waals surface area contributed by atoms with Crippen molar-refractivity contribution in [1.82, 2.24) is 4.90 Å². The molecule has 42 heavy (non-hydrogen) atoms. The van der Waals surface area contributed by atoms with Crippen molar-refractivity contribution in [2.45, 2.75) is 57.9 Å². The van der Waals surface area contributed by atoms with Gasteiger partial charge in [-0.15, -0.1) is 0 Å². The second kappa shape index (κ2) is 12.9. The number of esters is 1. The number of benzene rings is 1. The monoisotopic (exact) mass is 612 g/mol. The lowest BCUT2D eigenvalue weighted by Crippen LogP contribution is -2.41. The Bertz CT molecular complexity index is 1400. The molecule has 1 aromatic heterocycles. The van der Waals surface area contributed by atoms with Gasteiger partial charge >= 0.3 is 5.97 Å². The lowest BCUT2D eigenvalue weighted by atomic mass is 9.94. The van der Waals surface area contributed by atoms with Gasteiger partial charge in [-0.05, 0) is 67.7 Å². The molecule has 1 saturated heterocycles. The average Bonchev–Trinajstić information content (AvgIpc) is 3.75. The number of rotatable bonds is 12. The number of aryl methyl sites for hydroxylation is 1. The van der Waals surface area contributed by atoms with E-state index in [1.807, 2.05) is 23.1 Å². The minimum atomic E-state index is -0.598. The molecule has 11 heteroatoms. The number of nitrogens with zero attached hydrogens (tertiary/aromatic N) is 1. The molecule has 4 unspecified atom stereocenters. The van der Waals surface area contributed by atoms with Gasteiger partial charge in [-0.3, -0.25) is 19.3 Å². The summed E-state index contributed by atoms with van der Waals surface area (Å²) in [4.78, 5) is 39.3. The highest BCUT2D eigenvalue weighted by Crippen LogP contribution is 2.49. The number of furan rings is 1. The third kappa shape index (κ3) is 6.52. The third-order valence-electron chi connectivity index (χ3n) is 8.34. The van der Waals surface area contributed by atoms with Gasteiger partial charge in [0.15, 0.2) is 0 Å². The number of primary amides is 1. The normalized spacial score (nSPS) is 23.1. The maximum absolute atomic E-state index is 13.6. The molecule has 2 N–H and O–H groups in total. The van der Waals surface area contributed by atoms with E-state index in [2.05, 4.69) is 0 Å². The van der Waals surface area contributed by atoms with E-state index < -0.39 is 17.8 Å². The van der Waals surface area contributed by atoms with Crippen LogP contribution in [0.1, 0.15) is 56.8 Å². The number of fused-ring (bicyclic) bond motifs is 2. The van der Waals surface area contributed by atoms with Gasteiger partial charge in [-0.1, -0.05) is 37.3 Å². The first kappa shape index (κ1) is 30.2. The van der Waals surface area contributed by atoms with E-state index in [-0.39, 0.29) is 25.0 Å². The van der Waals surface area contributed by atoms with Crippen molar-refractivity contribution < 1.29 is 33.0 Å². The van der Waals surface area contributed by atoms with Crippen LogP contribution in [-0.4, -0.2) is 53.9 Å². The minimum absolute atomic E-state index is 0.0571. The van der Waals surface area contributed by atoms with E-state index in [1.54, 1.807) is 33.3 Å². The van der Waals surface area contributed by atoms with Crippen LogP contribution in [-0.2, 0) is 25.5 Å². The summed E-state index contributed by atoms with van der Waals surface area (Å²) in [6, 6.07) is 7.60. The van der Waals surface area contributed by atoms with E-state index in [1.165, 1.54) is 24.6 Å². The maximum atomic E-state index is 13.6. The number of amides is 2. The largest absolute Gasteiger partial charge is 0.497 e. The summed E-state index contributed by atoms with van der Waals surface area (Å²) in [5.41, 5.74) is 6.81. The Morgan fingerprint density at radius 3 is 2.52 bits per heavy atom. The summed E-state index contributed by atoms with van der Waals surface area (Å²) < 4.78 is 23.2. The van der Waals surface area contributed by atoms with Crippen LogP contribution in [0.3, 0.4) is 0 Å². The van der Waals surface area contributed by atoms with Crippen molar-refractivity contribution in [3.8, 4) is 22.8 Å². The molecule has 224 valence electrons. The second-order valence-electron chi connectivity index (χ2n) is 11.2. The molecule has 9 nitrogen and oxygen atoms in total. The zero-order valence-electron chi connectivity index (χ0n) is 24.1. The van der Waals surface area contributed by atoms with Gasteiger partial charge in [0, 0.05) is 30.2 Å².